The van der Waals surface area contributed by atoms with Gasteiger partial charge in [-0.05, 0) is 30.9 Å². The molecule has 104 valence electrons. The number of nitrogens with two attached hydrogens (primary N) is 1. The van der Waals surface area contributed by atoms with Gasteiger partial charge in [-0.3, -0.25) is 4.79 Å². The number of hydrogen-bond acceptors (Lipinski definition) is 2. The maximum Gasteiger partial charge on any atom is 0.233 e. The van der Waals surface area contributed by atoms with E-state index in [0.29, 0.717) is 6.54 Å². The number of carbonyl (C=O) groups excluding carboxylic acids is 1. The highest BCUT2D eigenvalue weighted by atomic mass is 16.1. The predicted molar refractivity (Wildman–Crippen MR) is 78.0 cm³/mol. The van der Waals surface area contributed by atoms with Crippen molar-refractivity contribution in [1.29, 1.82) is 0 Å². The van der Waals surface area contributed by atoms with Crippen molar-refractivity contribution >= 4 is 5.91 Å². The second-order valence-corrected chi connectivity index (χ2v) is 5.64. The molecule has 0 unspecified atom stereocenters. The summed E-state index contributed by atoms with van der Waals surface area (Å²) in [7, 11) is 0. The van der Waals surface area contributed by atoms with Crippen LogP contribution in [0.25, 0.3) is 0 Å². The Morgan fingerprint density at radius 1 is 1.26 bits per heavy atom. The number of carbonyl (C=O) groups is 1. The largest absolute Gasteiger partial charge is 0.354 e. The van der Waals surface area contributed by atoms with E-state index in [9.17, 15) is 4.79 Å². The van der Waals surface area contributed by atoms with Crippen molar-refractivity contribution in [1.82, 2.24) is 5.32 Å². The number of rotatable bonds is 4. The molecule has 2 rings (SSSR count). The van der Waals surface area contributed by atoms with Gasteiger partial charge in [-0.25, -0.2) is 0 Å². The molecule has 3 heteroatoms. The smallest absolute Gasteiger partial charge is 0.233 e. The third-order valence-corrected chi connectivity index (χ3v) is 4.34. The fraction of sp³-hybridized carbons (Fsp3) is 0.562. The van der Waals surface area contributed by atoms with E-state index in [0.717, 1.165) is 12.8 Å². The van der Waals surface area contributed by atoms with E-state index < -0.39 is 0 Å². The maximum atomic E-state index is 11.5. The highest BCUT2D eigenvalue weighted by molar-refractivity contribution is 5.77. The zero-order valence-corrected chi connectivity index (χ0v) is 11.7. The van der Waals surface area contributed by atoms with E-state index in [2.05, 4.69) is 36.5 Å². The average Bonchev–Trinajstić information content (AvgIpc) is 2.46. The van der Waals surface area contributed by atoms with Crippen molar-refractivity contribution < 1.29 is 4.79 Å². The molecule has 0 atom stereocenters. The average molecular weight is 260 g/mol. The molecule has 1 aliphatic carbocycles. The van der Waals surface area contributed by atoms with Crippen molar-refractivity contribution in [2.24, 2.45) is 5.73 Å². The van der Waals surface area contributed by atoms with Gasteiger partial charge < -0.3 is 11.1 Å². The molecule has 1 aliphatic rings. The zero-order chi connectivity index (χ0) is 13.7. The Bertz CT molecular complexity index is 436. The quantitative estimate of drug-likeness (QED) is 0.872. The van der Waals surface area contributed by atoms with Gasteiger partial charge in [0.25, 0.3) is 0 Å². The Labute approximate surface area is 115 Å². The molecule has 1 aromatic carbocycles. The molecule has 3 nitrogen and oxygen atoms in total. The predicted octanol–water partition coefficient (Wildman–Crippen LogP) is 2.27. The van der Waals surface area contributed by atoms with Crippen LogP contribution in [0.3, 0.4) is 0 Å². The Balaban J connectivity index is 2.24. The minimum atomic E-state index is -0.0569. The molecule has 1 fully saturated rings. The molecule has 19 heavy (non-hydrogen) atoms. The van der Waals surface area contributed by atoms with Gasteiger partial charge in [-0.15, -0.1) is 0 Å². The first-order chi connectivity index (χ1) is 9.18. The Kier molecular flexibility index (Phi) is 4.59. The number of nitrogens with one attached hydrogen (secondary N) is 1. The summed E-state index contributed by atoms with van der Waals surface area (Å²) >= 11 is 0. The molecule has 3 N–H and O–H groups in total. The molecule has 0 bridgehead atoms. The lowest BCUT2D eigenvalue weighted by Crippen LogP contribution is -2.44. The van der Waals surface area contributed by atoms with Crippen LogP contribution < -0.4 is 11.1 Å². The summed E-state index contributed by atoms with van der Waals surface area (Å²) in [5.41, 5.74) is 8.21. The molecule has 1 aromatic rings. The van der Waals surface area contributed by atoms with Crippen LogP contribution in [0.15, 0.2) is 24.3 Å². The molecule has 0 saturated heterocycles. The lowest BCUT2D eigenvalue weighted by Gasteiger charge is -2.39. The summed E-state index contributed by atoms with van der Waals surface area (Å²) in [6.45, 7) is 2.95. The Morgan fingerprint density at radius 3 is 2.58 bits per heavy atom. The van der Waals surface area contributed by atoms with E-state index in [4.69, 9.17) is 5.73 Å². The van der Waals surface area contributed by atoms with E-state index in [1.54, 1.807) is 0 Å². The van der Waals surface area contributed by atoms with Gasteiger partial charge >= 0.3 is 0 Å². The van der Waals surface area contributed by atoms with Crippen LogP contribution in [-0.4, -0.2) is 19.0 Å². The molecule has 0 aromatic heterocycles. The molecule has 1 amide bonds. The van der Waals surface area contributed by atoms with Gasteiger partial charge in [0.2, 0.25) is 5.91 Å². The van der Waals surface area contributed by atoms with Crippen LogP contribution in [0.2, 0.25) is 0 Å². The number of amides is 1. The number of hydrogen-bond donors (Lipinski definition) is 2. The molecular weight excluding hydrogens is 236 g/mol. The fourth-order valence-electron chi connectivity index (χ4n) is 3.28. The van der Waals surface area contributed by atoms with Gasteiger partial charge in [-0.2, -0.15) is 0 Å². The highest BCUT2D eigenvalue weighted by Crippen LogP contribution is 2.40. The van der Waals surface area contributed by atoms with Gasteiger partial charge in [0.05, 0.1) is 6.54 Å². The topological polar surface area (TPSA) is 55.1 Å². The summed E-state index contributed by atoms with van der Waals surface area (Å²) in [6, 6.07) is 8.56. The van der Waals surface area contributed by atoms with Gasteiger partial charge in [-0.1, -0.05) is 43.5 Å². The van der Waals surface area contributed by atoms with E-state index in [-0.39, 0.29) is 17.9 Å². The fourth-order valence-corrected chi connectivity index (χ4v) is 3.28. The van der Waals surface area contributed by atoms with Crippen LogP contribution in [-0.2, 0) is 10.2 Å². The third-order valence-electron chi connectivity index (χ3n) is 4.34. The van der Waals surface area contributed by atoms with Gasteiger partial charge in [0, 0.05) is 12.0 Å². The summed E-state index contributed by atoms with van der Waals surface area (Å²) in [5.74, 6) is -0.0569. The van der Waals surface area contributed by atoms with E-state index in [1.807, 2.05) is 0 Å². The minimum absolute atomic E-state index is 0.0569. The SMILES string of the molecule is Cc1ccccc1C1(CNC(=O)CN)CCCCC1. The lowest BCUT2D eigenvalue weighted by atomic mass is 9.68. The molecule has 0 spiro atoms. The third kappa shape index (κ3) is 3.16. The van der Waals surface area contributed by atoms with E-state index in [1.165, 1.54) is 30.4 Å². The first kappa shape index (κ1) is 14.1. The van der Waals surface area contributed by atoms with Crippen LogP contribution in [0, 0.1) is 6.92 Å². The monoisotopic (exact) mass is 260 g/mol. The Morgan fingerprint density at radius 2 is 1.95 bits per heavy atom. The molecular formula is C16H24N2O. The van der Waals surface area contributed by atoms with Crippen LogP contribution in [0.4, 0.5) is 0 Å². The molecule has 0 heterocycles. The molecule has 0 aliphatic heterocycles. The zero-order valence-electron chi connectivity index (χ0n) is 11.7. The van der Waals surface area contributed by atoms with Crippen molar-refractivity contribution in [3.63, 3.8) is 0 Å². The molecule has 0 radical (unpaired) electrons. The maximum absolute atomic E-state index is 11.5. The van der Waals surface area contributed by atoms with Crippen molar-refractivity contribution in [3.05, 3.63) is 35.4 Å². The second-order valence-electron chi connectivity index (χ2n) is 5.64. The normalized spacial score (nSPS) is 18.0. The van der Waals surface area contributed by atoms with E-state index >= 15 is 0 Å². The minimum Gasteiger partial charge on any atom is -0.354 e. The number of aryl methyl sites for hydroxylation is 1. The van der Waals surface area contributed by atoms with Crippen LogP contribution in [0.5, 0.6) is 0 Å². The number of benzene rings is 1. The van der Waals surface area contributed by atoms with Gasteiger partial charge in [0.1, 0.15) is 0 Å². The second kappa shape index (κ2) is 6.20. The van der Waals surface area contributed by atoms with Crippen molar-refractivity contribution in [2.45, 2.75) is 44.4 Å². The Hall–Kier alpha value is -1.35. The summed E-state index contributed by atoms with van der Waals surface area (Å²) < 4.78 is 0. The van der Waals surface area contributed by atoms with Gasteiger partial charge in [0.15, 0.2) is 0 Å². The first-order valence-corrected chi connectivity index (χ1v) is 7.21. The molecule has 1 saturated carbocycles. The lowest BCUT2D eigenvalue weighted by molar-refractivity contribution is -0.120. The van der Waals surface area contributed by atoms with Crippen LogP contribution >= 0.6 is 0 Å². The van der Waals surface area contributed by atoms with Crippen molar-refractivity contribution in [3.8, 4) is 0 Å². The van der Waals surface area contributed by atoms with Crippen molar-refractivity contribution in [2.75, 3.05) is 13.1 Å². The standard InChI is InChI=1S/C16H24N2O/c1-13-7-3-4-8-14(13)16(9-5-2-6-10-16)12-18-15(19)11-17/h3-4,7-8H,2,5-6,9-12,17H2,1H3,(H,18,19). The highest BCUT2D eigenvalue weighted by Gasteiger charge is 2.34. The summed E-state index contributed by atoms with van der Waals surface area (Å²) in [5, 5.41) is 3.00. The first-order valence-electron chi connectivity index (χ1n) is 7.21. The van der Waals surface area contributed by atoms with Crippen LogP contribution in [0.1, 0.15) is 43.2 Å². The summed E-state index contributed by atoms with van der Waals surface area (Å²) in [4.78, 5) is 11.5. The summed E-state index contributed by atoms with van der Waals surface area (Å²) in [6.07, 6.45) is 6.10.